The number of sulfonamides is 1. The van der Waals surface area contributed by atoms with Gasteiger partial charge in [-0.3, -0.25) is 4.72 Å². The molecule has 0 aliphatic rings. The number of hydrogen-bond donors (Lipinski definition) is 2. The van der Waals surface area contributed by atoms with Crippen LogP contribution in [0.1, 0.15) is 19.8 Å². The molecule has 0 atom stereocenters. The predicted octanol–water partition coefficient (Wildman–Crippen LogP) is 2.27. The molecule has 0 aliphatic heterocycles. The number of nitrogens with one attached hydrogen (secondary N) is 1. The van der Waals surface area contributed by atoms with Gasteiger partial charge in [-0.1, -0.05) is 0 Å². The lowest BCUT2D eigenvalue weighted by Gasteiger charge is -2.22. The van der Waals surface area contributed by atoms with Gasteiger partial charge < -0.3 is 10.0 Å². The van der Waals surface area contributed by atoms with E-state index < -0.39 is 10.0 Å². The number of alkyl halides is 1. The maximum atomic E-state index is 11.9. The number of benzene rings is 1. The van der Waals surface area contributed by atoms with Crippen LogP contribution in [0.4, 0.5) is 11.4 Å². The quantitative estimate of drug-likeness (QED) is 0.508. The Labute approximate surface area is 132 Å². The smallest absolute Gasteiger partial charge is 0.232 e. The Balaban J connectivity index is 2.65. The second-order valence-electron chi connectivity index (χ2n) is 4.67. The Morgan fingerprint density at radius 3 is 2.43 bits per heavy atom. The number of rotatable bonds is 10. The molecule has 0 unspecified atom stereocenters. The third-order valence-corrected chi connectivity index (χ3v) is 4.69. The molecule has 1 aromatic rings. The number of likely N-dealkylation sites (N-methyl/N-ethyl adjacent to an activating group) is 1. The van der Waals surface area contributed by atoms with E-state index in [2.05, 4.69) is 4.72 Å². The van der Waals surface area contributed by atoms with Crippen LogP contribution in [0.2, 0.25) is 0 Å². The predicted molar refractivity (Wildman–Crippen MR) is 88.8 cm³/mol. The second-order valence-corrected chi connectivity index (χ2v) is 6.89. The van der Waals surface area contributed by atoms with Crippen LogP contribution in [0.15, 0.2) is 24.3 Å². The number of anilines is 2. The fraction of sp³-hybridized carbons (Fsp3) is 0.571. The topological polar surface area (TPSA) is 69.6 Å². The molecule has 120 valence electrons. The molecular weight excluding hydrogens is 312 g/mol. The highest BCUT2D eigenvalue weighted by Gasteiger charge is 2.10. The molecule has 0 saturated carbocycles. The molecule has 0 aliphatic carbocycles. The Hall–Kier alpha value is -0.980. The van der Waals surface area contributed by atoms with Gasteiger partial charge in [0.05, 0.1) is 12.4 Å². The molecule has 0 radical (unpaired) electrons. The standard InChI is InChI=1S/C14H23ClN2O3S/c1-2-17(10-11-18)14-7-5-13(6-8-14)16-21(19,20)12-4-3-9-15/h5-8,16,18H,2-4,9-12H2,1H3. The summed E-state index contributed by atoms with van der Waals surface area (Å²) in [5, 5.41) is 9.00. The number of aliphatic hydroxyl groups excluding tert-OH is 1. The molecule has 5 nitrogen and oxygen atoms in total. The number of nitrogens with zero attached hydrogens (tertiary/aromatic N) is 1. The van der Waals surface area contributed by atoms with Crippen molar-refractivity contribution in [3.05, 3.63) is 24.3 Å². The monoisotopic (exact) mass is 334 g/mol. The second kappa shape index (κ2) is 9.12. The number of hydrogen-bond acceptors (Lipinski definition) is 4. The highest BCUT2D eigenvalue weighted by atomic mass is 35.5. The van der Waals surface area contributed by atoms with Crippen LogP contribution in [-0.2, 0) is 10.0 Å². The van der Waals surface area contributed by atoms with Gasteiger partial charge in [0.15, 0.2) is 0 Å². The molecule has 1 aromatic carbocycles. The van der Waals surface area contributed by atoms with E-state index in [1.54, 1.807) is 12.1 Å². The Kier molecular flexibility index (Phi) is 7.85. The fourth-order valence-electron chi connectivity index (χ4n) is 1.95. The van der Waals surface area contributed by atoms with Crippen molar-refractivity contribution in [1.29, 1.82) is 0 Å². The average molecular weight is 335 g/mol. The molecular formula is C14H23ClN2O3S. The minimum atomic E-state index is -3.32. The van der Waals surface area contributed by atoms with Gasteiger partial charge >= 0.3 is 0 Å². The number of halogens is 1. The molecule has 0 heterocycles. The number of unbranched alkanes of at least 4 members (excludes halogenated alkanes) is 1. The zero-order valence-corrected chi connectivity index (χ0v) is 13.8. The van der Waals surface area contributed by atoms with Crippen molar-refractivity contribution in [1.82, 2.24) is 0 Å². The Morgan fingerprint density at radius 1 is 1.24 bits per heavy atom. The minimum Gasteiger partial charge on any atom is -0.395 e. The zero-order valence-electron chi connectivity index (χ0n) is 12.3. The Bertz CT molecular complexity index is 505. The summed E-state index contributed by atoms with van der Waals surface area (Å²) in [7, 11) is -3.32. The lowest BCUT2D eigenvalue weighted by Crippen LogP contribution is -2.26. The van der Waals surface area contributed by atoms with Gasteiger partial charge in [0, 0.05) is 30.3 Å². The SMILES string of the molecule is CCN(CCO)c1ccc(NS(=O)(=O)CCCCCl)cc1. The summed E-state index contributed by atoms with van der Waals surface area (Å²) in [6, 6.07) is 7.15. The summed E-state index contributed by atoms with van der Waals surface area (Å²) in [6.45, 7) is 3.43. The van der Waals surface area contributed by atoms with Crippen LogP contribution in [-0.4, -0.2) is 44.9 Å². The summed E-state index contributed by atoms with van der Waals surface area (Å²) in [5.41, 5.74) is 1.50. The van der Waals surface area contributed by atoms with Crippen molar-refractivity contribution < 1.29 is 13.5 Å². The first kappa shape index (κ1) is 18.1. The maximum Gasteiger partial charge on any atom is 0.232 e. The minimum absolute atomic E-state index is 0.0765. The van der Waals surface area contributed by atoms with Crippen LogP contribution >= 0.6 is 11.6 Å². The van der Waals surface area contributed by atoms with E-state index in [1.165, 1.54) is 0 Å². The molecule has 0 amide bonds. The van der Waals surface area contributed by atoms with Crippen LogP contribution in [0.3, 0.4) is 0 Å². The first-order valence-electron chi connectivity index (χ1n) is 7.04. The molecule has 2 N–H and O–H groups in total. The number of aliphatic hydroxyl groups is 1. The van der Waals surface area contributed by atoms with Crippen molar-refractivity contribution in [2.45, 2.75) is 19.8 Å². The van der Waals surface area contributed by atoms with Gasteiger partial charge in [-0.25, -0.2) is 8.42 Å². The van der Waals surface area contributed by atoms with E-state index in [1.807, 2.05) is 24.0 Å². The van der Waals surface area contributed by atoms with Crippen molar-refractivity contribution in [3.63, 3.8) is 0 Å². The van der Waals surface area contributed by atoms with E-state index in [4.69, 9.17) is 16.7 Å². The van der Waals surface area contributed by atoms with Gasteiger partial charge in [-0.2, -0.15) is 0 Å². The van der Waals surface area contributed by atoms with Crippen molar-refractivity contribution in [2.75, 3.05) is 41.0 Å². The highest BCUT2D eigenvalue weighted by molar-refractivity contribution is 7.92. The van der Waals surface area contributed by atoms with E-state index in [0.717, 1.165) is 12.2 Å². The van der Waals surface area contributed by atoms with Gasteiger partial charge in [-0.05, 0) is 44.0 Å². The zero-order chi connectivity index (χ0) is 15.7. The summed E-state index contributed by atoms with van der Waals surface area (Å²) >= 11 is 5.54. The van der Waals surface area contributed by atoms with Crippen LogP contribution in [0.25, 0.3) is 0 Å². The van der Waals surface area contributed by atoms with Crippen LogP contribution < -0.4 is 9.62 Å². The lowest BCUT2D eigenvalue weighted by atomic mass is 10.2. The molecule has 0 saturated heterocycles. The van der Waals surface area contributed by atoms with E-state index in [9.17, 15) is 8.42 Å². The first-order chi connectivity index (χ1) is 10.0. The fourth-order valence-corrected chi connectivity index (χ4v) is 3.32. The largest absolute Gasteiger partial charge is 0.395 e. The molecule has 21 heavy (non-hydrogen) atoms. The summed E-state index contributed by atoms with van der Waals surface area (Å²) in [6.07, 6.45) is 1.24. The van der Waals surface area contributed by atoms with Crippen LogP contribution in [0.5, 0.6) is 0 Å². The molecule has 0 aromatic heterocycles. The first-order valence-corrected chi connectivity index (χ1v) is 9.23. The van der Waals surface area contributed by atoms with Gasteiger partial charge in [0.25, 0.3) is 0 Å². The van der Waals surface area contributed by atoms with Gasteiger partial charge in [-0.15, -0.1) is 11.6 Å². The van der Waals surface area contributed by atoms with E-state index >= 15 is 0 Å². The third-order valence-electron chi connectivity index (χ3n) is 3.05. The van der Waals surface area contributed by atoms with Crippen molar-refractivity contribution in [3.8, 4) is 0 Å². The molecule has 0 fully saturated rings. The van der Waals surface area contributed by atoms with E-state index in [-0.39, 0.29) is 12.4 Å². The average Bonchev–Trinajstić information content (AvgIpc) is 2.45. The normalized spacial score (nSPS) is 11.4. The maximum absolute atomic E-state index is 11.9. The summed E-state index contributed by atoms with van der Waals surface area (Å²) < 4.78 is 26.3. The van der Waals surface area contributed by atoms with Crippen LogP contribution in [0, 0.1) is 0 Å². The summed E-state index contributed by atoms with van der Waals surface area (Å²) in [5.74, 6) is 0.551. The highest BCUT2D eigenvalue weighted by Crippen LogP contribution is 2.18. The van der Waals surface area contributed by atoms with Crippen molar-refractivity contribution in [2.24, 2.45) is 0 Å². The van der Waals surface area contributed by atoms with E-state index in [0.29, 0.717) is 31.0 Å². The third kappa shape index (κ3) is 6.54. The Morgan fingerprint density at radius 2 is 1.90 bits per heavy atom. The van der Waals surface area contributed by atoms with Crippen molar-refractivity contribution >= 4 is 33.0 Å². The van der Waals surface area contributed by atoms with Gasteiger partial charge in [0.2, 0.25) is 10.0 Å². The van der Waals surface area contributed by atoms with Gasteiger partial charge in [0.1, 0.15) is 0 Å². The molecule has 0 spiro atoms. The lowest BCUT2D eigenvalue weighted by molar-refractivity contribution is 0.302. The summed E-state index contributed by atoms with van der Waals surface area (Å²) in [4.78, 5) is 2.01. The molecule has 0 bridgehead atoms. The molecule has 1 rings (SSSR count). The molecule has 7 heteroatoms.